The summed E-state index contributed by atoms with van der Waals surface area (Å²) in [5.74, 6) is 0. The van der Waals surface area contributed by atoms with Crippen molar-refractivity contribution in [3.8, 4) is 22.3 Å². The number of fused-ring (bicyclic) bond motifs is 16. The van der Waals surface area contributed by atoms with Crippen LogP contribution in [0.4, 0.5) is 56.9 Å². The highest BCUT2D eigenvalue weighted by atomic mass is 32.1. The molecule has 91 heavy (non-hydrogen) atoms. The molecule has 0 saturated heterocycles. The standard InChI is InChI=1S/C84H71BN4OS/c1-52-44-53(2)78-72(45-52)88(84(6)43-20-18-41-82(78,84)4)59-35-38-67-71(48-59)87(69-29-21-28-64-63-27-14-16-31-77(63)91-80(64)69)74-50-60(89-68-39-33-56(54-22-9-7-10-23-54)46-65(68)81(3)40-17-19-42-83(81,89)5)49-73-79(74)85(67)66-37-32-57(55-24-11-8-12-25-55)47-70(66)86(73)58-34-36-62-61-26-13-15-30-75(61)90-76(62)51-58/h7-16,21-39,44-51H,17-20,40-43H2,1-6H3. The SMILES string of the molecule is Cc1cc(C)c2c(c1)N(c1ccc3c(c1)N(c1cccc4c1sc1ccccc14)c1cc(N4c5ccc(-c6ccccc6)cc5C5(C)CCCCC45C)cc4c1B3c1ccc(-c3ccccc3)cc1N4c1ccc3c(c1)oc1ccccc13)C1(C)CCCCC21C. The molecule has 7 heteroatoms. The second kappa shape index (κ2) is 19.1. The lowest BCUT2D eigenvalue weighted by atomic mass is 9.33. The zero-order valence-corrected chi connectivity index (χ0v) is 53.5. The fraction of sp³-hybridized carbons (Fsp3) is 0.214. The van der Waals surface area contributed by atoms with E-state index in [0.29, 0.717) is 0 Å². The number of rotatable bonds is 6. The molecule has 4 unspecified atom stereocenters. The molecule has 4 aliphatic heterocycles. The van der Waals surface area contributed by atoms with Crippen LogP contribution in [0.2, 0.25) is 0 Å². The normalized spacial score (nSPS) is 21.9. The second-order valence-electron chi connectivity index (χ2n) is 28.3. The van der Waals surface area contributed by atoms with E-state index in [1.54, 1.807) is 0 Å². The van der Waals surface area contributed by atoms with Crippen molar-refractivity contribution in [2.24, 2.45) is 0 Å². The molecule has 0 radical (unpaired) electrons. The van der Waals surface area contributed by atoms with E-state index in [2.05, 4.69) is 286 Å². The van der Waals surface area contributed by atoms with Crippen LogP contribution in [0, 0.1) is 13.8 Å². The highest BCUT2D eigenvalue weighted by Gasteiger charge is 2.60. The van der Waals surface area contributed by atoms with Gasteiger partial charge in [0.2, 0.25) is 0 Å². The summed E-state index contributed by atoms with van der Waals surface area (Å²) in [7, 11) is 0. The zero-order valence-electron chi connectivity index (χ0n) is 52.7. The van der Waals surface area contributed by atoms with Gasteiger partial charge in [-0.05, 0) is 193 Å². The number of hydrogen-bond donors (Lipinski definition) is 0. The van der Waals surface area contributed by atoms with Crippen molar-refractivity contribution in [2.75, 3.05) is 19.6 Å². The predicted octanol–water partition coefficient (Wildman–Crippen LogP) is 21.5. The summed E-state index contributed by atoms with van der Waals surface area (Å²) >= 11 is 1.93. The highest BCUT2D eigenvalue weighted by Crippen LogP contribution is 2.65. The van der Waals surface area contributed by atoms with E-state index >= 15 is 0 Å². The summed E-state index contributed by atoms with van der Waals surface area (Å²) in [6.45, 7) is 14.9. The minimum absolute atomic E-state index is 0.0156. The Morgan fingerprint density at radius 3 is 1.77 bits per heavy atom. The molecule has 5 nitrogen and oxygen atoms in total. The maximum Gasteiger partial charge on any atom is 0.252 e. The second-order valence-corrected chi connectivity index (χ2v) is 29.3. The number of anilines is 10. The topological polar surface area (TPSA) is 26.1 Å². The molecule has 4 atom stereocenters. The molecule has 0 spiro atoms. The van der Waals surface area contributed by atoms with E-state index in [4.69, 9.17) is 4.42 Å². The molecular weight excluding hydrogens is 1120 g/mol. The van der Waals surface area contributed by atoms with Gasteiger partial charge in [-0.3, -0.25) is 0 Å². The van der Waals surface area contributed by atoms with Crippen LogP contribution in [0.1, 0.15) is 101 Å². The van der Waals surface area contributed by atoms with Gasteiger partial charge in [-0.1, -0.05) is 179 Å². The average Bonchev–Trinajstić information content (AvgIpc) is 1.68. The largest absolute Gasteiger partial charge is 0.456 e. The molecule has 6 aliphatic rings. The summed E-state index contributed by atoms with van der Waals surface area (Å²) in [6, 6.07) is 86.4. The Bertz CT molecular complexity index is 5240. The third-order valence-corrected chi connectivity index (χ3v) is 24.9. The zero-order chi connectivity index (χ0) is 60.9. The van der Waals surface area contributed by atoms with Crippen molar-refractivity contribution in [2.45, 2.75) is 115 Å². The molecule has 13 aromatic rings. The maximum absolute atomic E-state index is 6.88. The molecule has 2 aliphatic carbocycles. The van der Waals surface area contributed by atoms with Crippen LogP contribution in [-0.2, 0) is 10.8 Å². The number of nitrogens with zero attached hydrogens (tertiary/aromatic N) is 4. The van der Waals surface area contributed by atoms with Crippen LogP contribution in [-0.4, -0.2) is 17.8 Å². The maximum atomic E-state index is 6.88. The van der Waals surface area contributed by atoms with Crippen LogP contribution < -0.4 is 36.0 Å². The van der Waals surface area contributed by atoms with Gasteiger partial charge in [-0.15, -0.1) is 11.3 Å². The first-order valence-corrected chi connectivity index (χ1v) is 34.1. The van der Waals surface area contributed by atoms with E-state index < -0.39 is 0 Å². The van der Waals surface area contributed by atoms with Crippen molar-refractivity contribution in [1.29, 1.82) is 0 Å². The first-order valence-electron chi connectivity index (χ1n) is 33.3. The van der Waals surface area contributed by atoms with Crippen molar-refractivity contribution in [3.05, 3.63) is 247 Å². The van der Waals surface area contributed by atoms with Gasteiger partial charge in [0.1, 0.15) is 11.2 Å². The Labute approximate surface area is 537 Å². The van der Waals surface area contributed by atoms with Gasteiger partial charge < -0.3 is 24.0 Å². The molecule has 0 N–H and O–H groups in total. The van der Waals surface area contributed by atoms with E-state index in [-0.39, 0.29) is 28.6 Å². The molecule has 11 aromatic carbocycles. The summed E-state index contributed by atoms with van der Waals surface area (Å²) in [4.78, 5) is 11.0. The summed E-state index contributed by atoms with van der Waals surface area (Å²) in [5.41, 5.74) is 28.1. The number of para-hydroxylation sites is 1. The van der Waals surface area contributed by atoms with Gasteiger partial charge in [0.25, 0.3) is 6.71 Å². The van der Waals surface area contributed by atoms with Crippen molar-refractivity contribution in [3.63, 3.8) is 0 Å². The number of aryl methyl sites for hydroxylation is 2. The fourth-order valence-corrected chi connectivity index (χ4v) is 20.3. The molecule has 2 saturated carbocycles. The van der Waals surface area contributed by atoms with Gasteiger partial charge in [0.15, 0.2) is 0 Å². The Morgan fingerprint density at radius 2 is 0.989 bits per heavy atom. The summed E-state index contributed by atoms with van der Waals surface area (Å²) in [5, 5.41) is 4.85. The monoisotopic (exact) mass is 1190 g/mol. The highest BCUT2D eigenvalue weighted by molar-refractivity contribution is 7.26. The Hall–Kier alpha value is -9.30. The molecule has 2 aromatic heterocycles. The molecule has 2 fully saturated rings. The van der Waals surface area contributed by atoms with Crippen molar-refractivity contribution in [1.82, 2.24) is 0 Å². The third kappa shape index (κ3) is 7.24. The van der Waals surface area contributed by atoms with Crippen molar-refractivity contribution >= 4 is 133 Å². The molecule has 0 amide bonds. The predicted molar refractivity (Wildman–Crippen MR) is 387 cm³/mol. The minimum Gasteiger partial charge on any atom is -0.456 e. The van der Waals surface area contributed by atoms with Crippen LogP contribution in [0.15, 0.2) is 229 Å². The minimum atomic E-state index is -0.244. The van der Waals surface area contributed by atoms with Crippen LogP contribution in [0.3, 0.4) is 0 Å². The van der Waals surface area contributed by atoms with Crippen LogP contribution in [0.25, 0.3) is 64.4 Å². The third-order valence-electron chi connectivity index (χ3n) is 23.6. The van der Waals surface area contributed by atoms with Gasteiger partial charge in [0, 0.05) is 94.3 Å². The molecular formula is C84H71BN4OS. The lowest BCUT2D eigenvalue weighted by molar-refractivity contribution is 0.194. The number of thiophene rings is 1. The van der Waals surface area contributed by atoms with Gasteiger partial charge in [0.05, 0.1) is 21.5 Å². The number of benzene rings is 11. The molecule has 442 valence electrons. The smallest absolute Gasteiger partial charge is 0.252 e. The van der Waals surface area contributed by atoms with Crippen LogP contribution in [0.5, 0.6) is 0 Å². The van der Waals surface area contributed by atoms with Gasteiger partial charge >= 0.3 is 0 Å². The lowest BCUT2D eigenvalue weighted by Gasteiger charge is -2.51. The first kappa shape index (κ1) is 53.5. The number of hydrogen-bond acceptors (Lipinski definition) is 6. The average molecular weight is 1200 g/mol. The lowest BCUT2D eigenvalue weighted by Crippen LogP contribution is -2.61. The summed E-state index contributed by atoms with van der Waals surface area (Å²) < 4.78 is 9.47. The number of furan rings is 1. The fourth-order valence-electron chi connectivity index (χ4n) is 19.1. The molecule has 19 rings (SSSR count). The van der Waals surface area contributed by atoms with Crippen LogP contribution >= 0.6 is 11.3 Å². The Kier molecular flexibility index (Phi) is 11.3. The van der Waals surface area contributed by atoms with Gasteiger partial charge in [-0.2, -0.15) is 0 Å². The van der Waals surface area contributed by atoms with E-state index in [0.717, 1.165) is 46.9 Å². The molecule has 6 heterocycles. The van der Waals surface area contributed by atoms with E-state index in [1.165, 1.54) is 164 Å². The first-order chi connectivity index (χ1) is 44.4. The van der Waals surface area contributed by atoms with E-state index in [1.807, 2.05) is 11.3 Å². The van der Waals surface area contributed by atoms with Gasteiger partial charge in [-0.25, -0.2) is 0 Å². The van der Waals surface area contributed by atoms with E-state index in [9.17, 15) is 0 Å². The molecule has 0 bridgehead atoms. The Balaban J connectivity index is 0.940. The Morgan fingerprint density at radius 1 is 0.396 bits per heavy atom. The summed E-state index contributed by atoms with van der Waals surface area (Å²) in [6.07, 6.45) is 9.35. The quantitative estimate of drug-likeness (QED) is 0.155. The van der Waals surface area contributed by atoms with Crippen molar-refractivity contribution < 1.29 is 4.42 Å².